The predicted molar refractivity (Wildman–Crippen MR) is 123 cm³/mol. The normalized spacial score (nSPS) is 20.8. The summed E-state index contributed by atoms with van der Waals surface area (Å²) < 4.78 is 14.1. The van der Waals surface area contributed by atoms with Gasteiger partial charge < -0.3 is 19.6 Å². The summed E-state index contributed by atoms with van der Waals surface area (Å²) in [5.74, 6) is -0.189. The fourth-order valence-electron chi connectivity index (χ4n) is 5.30. The molecule has 2 aromatic carbocycles. The van der Waals surface area contributed by atoms with Crippen LogP contribution < -0.4 is 9.80 Å². The van der Waals surface area contributed by atoms with Gasteiger partial charge in [0.1, 0.15) is 12.0 Å². The summed E-state index contributed by atoms with van der Waals surface area (Å²) >= 11 is 0. The molecular weight excluding hydrogens is 407 g/mol. The van der Waals surface area contributed by atoms with Crippen molar-refractivity contribution in [3.05, 3.63) is 59.4 Å². The van der Waals surface area contributed by atoms with Crippen LogP contribution in [0.4, 0.5) is 15.8 Å². The molecule has 168 valence electrons. The van der Waals surface area contributed by atoms with Crippen molar-refractivity contribution in [1.29, 1.82) is 0 Å². The number of hydrogen-bond donors (Lipinski definition) is 0. The summed E-state index contributed by atoms with van der Waals surface area (Å²) in [6.07, 6.45) is 3.22. The predicted octanol–water partition coefficient (Wildman–Crippen LogP) is 3.58. The number of anilines is 2. The van der Waals surface area contributed by atoms with Gasteiger partial charge in [0.2, 0.25) is 0 Å². The molecule has 3 heterocycles. The Hall–Kier alpha value is -3.09. The van der Waals surface area contributed by atoms with Gasteiger partial charge in [-0.3, -0.25) is 9.59 Å². The van der Waals surface area contributed by atoms with Crippen LogP contribution in [0.3, 0.4) is 0 Å². The van der Waals surface area contributed by atoms with Gasteiger partial charge in [0.15, 0.2) is 0 Å². The van der Waals surface area contributed by atoms with Crippen molar-refractivity contribution >= 4 is 23.2 Å². The van der Waals surface area contributed by atoms with E-state index in [9.17, 15) is 14.0 Å². The van der Waals surface area contributed by atoms with Crippen LogP contribution >= 0.6 is 0 Å². The van der Waals surface area contributed by atoms with Crippen LogP contribution in [0.15, 0.2) is 42.5 Å². The summed E-state index contributed by atoms with van der Waals surface area (Å²) in [6.45, 7) is 5.95. The third kappa shape index (κ3) is 3.49. The third-order valence-electron chi connectivity index (χ3n) is 6.98. The van der Waals surface area contributed by atoms with Crippen molar-refractivity contribution in [2.45, 2.75) is 32.4 Å². The molecule has 3 aliphatic heterocycles. The number of rotatable bonds is 3. The van der Waals surface area contributed by atoms with E-state index in [4.69, 9.17) is 0 Å². The van der Waals surface area contributed by atoms with E-state index in [0.717, 1.165) is 38.0 Å². The summed E-state index contributed by atoms with van der Waals surface area (Å²) in [6, 6.07) is 12.3. The van der Waals surface area contributed by atoms with Crippen LogP contribution in [0, 0.1) is 5.82 Å². The van der Waals surface area contributed by atoms with E-state index in [1.54, 1.807) is 18.2 Å². The fraction of sp³-hybridized carbons (Fsp3) is 0.440. The molecule has 0 saturated carbocycles. The molecule has 0 aliphatic carbocycles. The maximum absolute atomic E-state index is 14.1. The Bertz CT molecular complexity index is 1030. The number of amides is 2. The second-order valence-electron chi connectivity index (χ2n) is 8.72. The molecule has 0 radical (unpaired) electrons. The molecule has 0 aromatic heterocycles. The SMILES string of the molecule is CCN1c2cc(C(=O)N3CCN(c4ccccc4F)CC3)ccc2C(=O)N2CCCCC21. The van der Waals surface area contributed by atoms with Crippen LogP contribution in [-0.4, -0.2) is 67.0 Å². The minimum atomic E-state index is -0.233. The zero-order chi connectivity index (χ0) is 22.2. The lowest BCUT2D eigenvalue weighted by molar-refractivity contribution is 0.0581. The second kappa shape index (κ2) is 8.45. The molecule has 6 nitrogen and oxygen atoms in total. The Morgan fingerprint density at radius 2 is 1.78 bits per heavy atom. The lowest BCUT2D eigenvalue weighted by Gasteiger charge is -2.47. The van der Waals surface area contributed by atoms with Gasteiger partial charge in [-0.25, -0.2) is 4.39 Å². The Morgan fingerprint density at radius 3 is 2.53 bits per heavy atom. The molecule has 7 heteroatoms. The first kappa shape index (κ1) is 20.8. The Kier molecular flexibility index (Phi) is 5.49. The van der Waals surface area contributed by atoms with Crippen molar-refractivity contribution in [1.82, 2.24) is 9.80 Å². The molecule has 2 saturated heterocycles. The second-order valence-corrected chi connectivity index (χ2v) is 8.72. The zero-order valence-electron chi connectivity index (χ0n) is 18.5. The van der Waals surface area contributed by atoms with Crippen LogP contribution in [0.1, 0.15) is 46.9 Å². The number of fused-ring (bicyclic) bond motifs is 2. The molecule has 0 spiro atoms. The quantitative estimate of drug-likeness (QED) is 0.738. The first-order valence-corrected chi connectivity index (χ1v) is 11.6. The minimum absolute atomic E-state index is 0.0319. The number of benzene rings is 2. The van der Waals surface area contributed by atoms with Crippen LogP contribution in [-0.2, 0) is 0 Å². The minimum Gasteiger partial charge on any atom is -0.366 e. The number of carbonyl (C=O) groups excluding carboxylic acids is 2. The average molecular weight is 437 g/mol. The largest absolute Gasteiger partial charge is 0.366 e. The van der Waals surface area contributed by atoms with Gasteiger partial charge in [-0.15, -0.1) is 0 Å². The molecule has 1 unspecified atom stereocenters. The van der Waals surface area contributed by atoms with E-state index in [-0.39, 0.29) is 23.8 Å². The summed E-state index contributed by atoms with van der Waals surface area (Å²) in [5.41, 5.74) is 2.75. The number of hydrogen-bond acceptors (Lipinski definition) is 4. The van der Waals surface area contributed by atoms with E-state index in [1.807, 2.05) is 32.9 Å². The highest BCUT2D eigenvalue weighted by Gasteiger charge is 2.38. The maximum Gasteiger partial charge on any atom is 0.257 e. The molecule has 2 aromatic rings. The summed E-state index contributed by atoms with van der Waals surface area (Å²) in [5, 5.41) is 0. The highest BCUT2D eigenvalue weighted by molar-refractivity contribution is 6.04. The van der Waals surface area contributed by atoms with Gasteiger partial charge in [0.05, 0.1) is 16.9 Å². The van der Waals surface area contributed by atoms with Gasteiger partial charge in [-0.05, 0) is 56.5 Å². The smallest absolute Gasteiger partial charge is 0.257 e. The molecule has 2 fully saturated rings. The number of nitrogens with zero attached hydrogens (tertiary/aromatic N) is 4. The third-order valence-corrected chi connectivity index (χ3v) is 6.98. The number of para-hydroxylation sites is 1. The van der Waals surface area contributed by atoms with Gasteiger partial charge in [0, 0.05) is 44.8 Å². The molecule has 1 atom stereocenters. The molecule has 5 rings (SSSR count). The van der Waals surface area contributed by atoms with E-state index in [2.05, 4.69) is 11.8 Å². The molecule has 0 N–H and O–H groups in total. The lowest BCUT2D eigenvalue weighted by atomic mass is 9.97. The van der Waals surface area contributed by atoms with E-state index >= 15 is 0 Å². The van der Waals surface area contributed by atoms with Gasteiger partial charge in [0.25, 0.3) is 11.8 Å². The van der Waals surface area contributed by atoms with Crippen molar-refractivity contribution in [3.63, 3.8) is 0 Å². The number of piperazine rings is 1. The van der Waals surface area contributed by atoms with Crippen molar-refractivity contribution in [3.8, 4) is 0 Å². The van der Waals surface area contributed by atoms with E-state index in [0.29, 0.717) is 43.0 Å². The van der Waals surface area contributed by atoms with Crippen molar-refractivity contribution < 1.29 is 14.0 Å². The molecular formula is C25H29FN4O2. The van der Waals surface area contributed by atoms with Gasteiger partial charge in [-0.1, -0.05) is 12.1 Å². The standard InChI is InChI=1S/C25H29FN4O2/c1-2-29-22-17-18(10-11-19(22)25(32)30-12-6-5-9-23(29)30)24(31)28-15-13-27(14-16-28)21-8-4-3-7-20(21)26/h3-4,7-8,10-11,17,23H,2,5-6,9,12-16H2,1H3. The number of piperidine rings is 1. The summed E-state index contributed by atoms with van der Waals surface area (Å²) in [4.78, 5) is 34.4. The molecule has 32 heavy (non-hydrogen) atoms. The van der Waals surface area contributed by atoms with Crippen LogP contribution in [0.5, 0.6) is 0 Å². The van der Waals surface area contributed by atoms with Gasteiger partial charge >= 0.3 is 0 Å². The highest BCUT2D eigenvalue weighted by atomic mass is 19.1. The first-order valence-electron chi connectivity index (χ1n) is 11.6. The van der Waals surface area contributed by atoms with E-state index in [1.165, 1.54) is 6.07 Å². The Balaban J connectivity index is 1.35. The number of carbonyl (C=O) groups is 2. The lowest BCUT2D eigenvalue weighted by Crippen LogP contribution is -2.57. The molecule has 3 aliphatic rings. The average Bonchev–Trinajstić information content (AvgIpc) is 2.84. The molecule has 2 amide bonds. The number of halogens is 1. The fourth-order valence-corrected chi connectivity index (χ4v) is 5.30. The van der Waals surface area contributed by atoms with Crippen LogP contribution in [0.2, 0.25) is 0 Å². The monoisotopic (exact) mass is 436 g/mol. The maximum atomic E-state index is 14.1. The van der Waals surface area contributed by atoms with Crippen molar-refractivity contribution in [2.24, 2.45) is 0 Å². The van der Waals surface area contributed by atoms with Gasteiger partial charge in [-0.2, -0.15) is 0 Å². The topological polar surface area (TPSA) is 47.1 Å². The first-order chi connectivity index (χ1) is 15.6. The van der Waals surface area contributed by atoms with Crippen LogP contribution in [0.25, 0.3) is 0 Å². The van der Waals surface area contributed by atoms with Crippen molar-refractivity contribution in [2.75, 3.05) is 49.1 Å². The Labute approximate surface area is 188 Å². The Morgan fingerprint density at radius 1 is 1.00 bits per heavy atom. The molecule has 0 bridgehead atoms. The zero-order valence-corrected chi connectivity index (χ0v) is 18.5. The summed E-state index contributed by atoms with van der Waals surface area (Å²) in [7, 11) is 0. The highest BCUT2D eigenvalue weighted by Crippen LogP contribution is 2.36. The van der Waals surface area contributed by atoms with E-state index < -0.39 is 0 Å².